The van der Waals surface area contributed by atoms with Crippen molar-refractivity contribution in [2.24, 2.45) is 0 Å². The van der Waals surface area contributed by atoms with Crippen LogP contribution in [0.2, 0.25) is 0 Å². The van der Waals surface area contributed by atoms with Gasteiger partial charge in [0, 0.05) is 6.20 Å². The number of thiophene rings is 1. The summed E-state index contributed by atoms with van der Waals surface area (Å²) in [6.07, 6.45) is -4.29. The Kier molecular flexibility index (Phi) is 4.06. The molecule has 0 amide bonds. The summed E-state index contributed by atoms with van der Waals surface area (Å²) in [7, 11) is -8.84. The minimum absolute atomic E-state index is 0.263. The van der Waals surface area contributed by atoms with Crippen molar-refractivity contribution < 1.29 is 34.6 Å². The largest absolute Gasteiger partial charge is 0.417 e. The standard InChI is InChI=1S/C10H6F3NO5S3/c11-10(12,13)6-1-2-7(14-5-6)21(15,16)8-3-4-9(20-8)22(17,18)19/h1-5H,(H,17,18,19). The highest BCUT2D eigenvalue weighted by molar-refractivity contribution is 7.94. The predicted molar refractivity (Wildman–Crippen MR) is 68.8 cm³/mol. The van der Waals surface area contributed by atoms with Crippen molar-refractivity contribution in [1.29, 1.82) is 0 Å². The molecule has 0 fully saturated rings. The summed E-state index contributed by atoms with van der Waals surface area (Å²) in [5.74, 6) is 0. The molecule has 2 aromatic rings. The number of pyridine rings is 1. The molecule has 0 aliphatic carbocycles. The monoisotopic (exact) mass is 373 g/mol. The minimum Gasteiger partial charge on any atom is -0.281 e. The first-order valence-corrected chi connectivity index (χ1v) is 9.02. The number of rotatable bonds is 3. The van der Waals surface area contributed by atoms with Gasteiger partial charge in [0.15, 0.2) is 5.03 Å². The SMILES string of the molecule is O=S(=O)(O)c1ccc(S(=O)(=O)c2ccc(C(F)(F)F)cn2)s1. The van der Waals surface area contributed by atoms with Crippen molar-refractivity contribution in [2.45, 2.75) is 19.6 Å². The molecule has 0 saturated heterocycles. The zero-order chi connectivity index (χ0) is 16.8. The van der Waals surface area contributed by atoms with Gasteiger partial charge in [-0.25, -0.2) is 13.4 Å². The Labute approximate surface area is 126 Å². The van der Waals surface area contributed by atoms with Crippen LogP contribution in [-0.2, 0) is 26.1 Å². The smallest absolute Gasteiger partial charge is 0.281 e. The quantitative estimate of drug-likeness (QED) is 0.828. The van der Waals surface area contributed by atoms with Gasteiger partial charge in [-0.2, -0.15) is 21.6 Å². The van der Waals surface area contributed by atoms with E-state index in [4.69, 9.17) is 4.55 Å². The highest BCUT2D eigenvalue weighted by Crippen LogP contribution is 2.32. The molecule has 2 heterocycles. The zero-order valence-electron chi connectivity index (χ0n) is 10.3. The first kappa shape index (κ1) is 16.9. The third-order valence-corrected chi connectivity index (χ3v) is 6.98. The highest BCUT2D eigenvalue weighted by atomic mass is 32.3. The molecule has 0 aliphatic rings. The fraction of sp³-hybridized carbons (Fsp3) is 0.100. The van der Waals surface area contributed by atoms with Gasteiger partial charge in [-0.3, -0.25) is 4.55 Å². The Bertz CT molecular complexity index is 898. The van der Waals surface area contributed by atoms with Crippen molar-refractivity contribution in [2.75, 3.05) is 0 Å². The average Bonchev–Trinajstić information content (AvgIpc) is 2.88. The van der Waals surface area contributed by atoms with E-state index in [9.17, 15) is 30.0 Å². The Morgan fingerprint density at radius 1 is 1.00 bits per heavy atom. The van der Waals surface area contributed by atoms with Crippen LogP contribution >= 0.6 is 11.3 Å². The van der Waals surface area contributed by atoms with Crippen LogP contribution < -0.4 is 0 Å². The first-order chi connectivity index (χ1) is 9.92. The molecule has 0 aromatic carbocycles. The molecule has 0 aliphatic heterocycles. The van der Waals surface area contributed by atoms with E-state index in [1.165, 1.54) is 0 Å². The number of hydrogen-bond acceptors (Lipinski definition) is 6. The molecule has 0 spiro atoms. The molecule has 0 saturated carbocycles. The van der Waals surface area contributed by atoms with Crippen molar-refractivity contribution in [3.63, 3.8) is 0 Å². The average molecular weight is 373 g/mol. The van der Waals surface area contributed by atoms with Gasteiger partial charge >= 0.3 is 16.3 Å². The first-order valence-electron chi connectivity index (χ1n) is 5.28. The van der Waals surface area contributed by atoms with Crippen LogP contribution in [0.3, 0.4) is 0 Å². The topological polar surface area (TPSA) is 101 Å². The second kappa shape index (κ2) is 5.30. The highest BCUT2D eigenvalue weighted by Gasteiger charge is 2.32. The van der Waals surface area contributed by atoms with Crippen molar-refractivity contribution in [3.05, 3.63) is 36.0 Å². The molecule has 22 heavy (non-hydrogen) atoms. The van der Waals surface area contributed by atoms with Crippen molar-refractivity contribution in [1.82, 2.24) is 4.98 Å². The van der Waals surface area contributed by atoms with E-state index in [0.29, 0.717) is 18.3 Å². The van der Waals surface area contributed by atoms with Gasteiger partial charge in [-0.05, 0) is 24.3 Å². The molecule has 0 radical (unpaired) electrons. The van der Waals surface area contributed by atoms with Crippen LogP contribution in [0.5, 0.6) is 0 Å². The second-order valence-electron chi connectivity index (χ2n) is 3.93. The molecule has 0 atom stereocenters. The maximum atomic E-state index is 12.4. The van der Waals surface area contributed by atoms with E-state index in [1.807, 2.05) is 0 Å². The van der Waals surface area contributed by atoms with E-state index >= 15 is 0 Å². The summed E-state index contributed by atoms with van der Waals surface area (Å²) in [6, 6.07) is 3.02. The molecule has 6 nitrogen and oxygen atoms in total. The number of nitrogens with zero attached hydrogens (tertiary/aromatic N) is 1. The van der Waals surface area contributed by atoms with Gasteiger partial charge in [-0.1, -0.05) is 0 Å². The summed E-state index contributed by atoms with van der Waals surface area (Å²) < 4.78 is 91.0. The molecular formula is C10H6F3NO5S3. The van der Waals surface area contributed by atoms with Crippen LogP contribution in [0.25, 0.3) is 0 Å². The number of aromatic nitrogens is 1. The molecule has 1 N–H and O–H groups in total. The Balaban J connectivity index is 2.45. The molecular weight excluding hydrogens is 367 g/mol. The minimum atomic E-state index is -4.66. The Morgan fingerprint density at radius 3 is 2.00 bits per heavy atom. The molecule has 120 valence electrons. The van der Waals surface area contributed by atoms with Gasteiger partial charge in [0.25, 0.3) is 0 Å². The van der Waals surface area contributed by atoms with Crippen LogP contribution in [0, 0.1) is 0 Å². The van der Waals surface area contributed by atoms with Gasteiger partial charge in [0.05, 0.1) is 5.56 Å². The van der Waals surface area contributed by atoms with Gasteiger partial charge in [0.1, 0.15) is 8.42 Å². The second-order valence-corrected chi connectivity index (χ2v) is 8.79. The molecule has 2 aromatic heterocycles. The van der Waals surface area contributed by atoms with E-state index in [0.717, 1.165) is 12.1 Å². The lowest BCUT2D eigenvalue weighted by molar-refractivity contribution is -0.137. The maximum Gasteiger partial charge on any atom is 0.417 e. The van der Waals surface area contributed by atoms with Gasteiger partial charge in [-0.15, -0.1) is 11.3 Å². The van der Waals surface area contributed by atoms with Crippen molar-refractivity contribution >= 4 is 31.3 Å². The van der Waals surface area contributed by atoms with E-state index in [1.54, 1.807) is 0 Å². The van der Waals surface area contributed by atoms with E-state index < -0.39 is 45.1 Å². The molecule has 0 bridgehead atoms. The van der Waals surface area contributed by atoms with Crippen LogP contribution in [0.1, 0.15) is 5.56 Å². The third-order valence-electron chi connectivity index (χ3n) is 2.41. The molecule has 2 rings (SSSR count). The molecule has 12 heteroatoms. The summed E-state index contributed by atoms with van der Waals surface area (Å²) in [5.41, 5.74) is -1.11. The summed E-state index contributed by atoms with van der Waals surface area (Å²) in [5, 5.41) is -0.663. The van der Waals surface area contributed by atoms with E-state index in [-0.39, 0.29) is 11.3 Å². The lowest BCUT2D eigenvalue weighted by Crippen LogP contribution is -2.08. The summed E-state index contributed by atoms with van der Waals surface area (Å²) in [6.45, 7) is 0. The van der Waals surface area contributed by atoms with Gasteiger partial charge in [0.2, 0.25) is 9.84 Å². The zero-order valence-corrected chi connectivity index (χ0v) is 12.7. The summed E-state index contributed by atoms with van der Waals surface area (Å²) in [4.78, 5) is 3.25. The fourth-order valence-corrected chi connectivity index (χ4v) is 4.81. The van der Waals surface area contributed by atoms with E-state index in [2.05, 4.69) is 4.98 Å². The Hall–Kier alpha value is -1.50. The van der Waals surface area contributed by atoms with Crippen molar-refractivity contribution in [3.8, 4) is 0 Å². The lowest BCUT2D eigenvalue weighted by Gasteiger charge is -2.06. The van der Waals surface area contributed by atoms with Crippen LogP contribution in [0.15, 0.2) is 43.9 Å². The Morgan fingerprint density at radius 2 is 1.59 bits per heavy atom. The third kappa shape index (κ3) is 3.29. The normalized spacial score (nSPS) is 13.3. The maximum absolute atomic E-state index is 12.4. The lowest BCUT2D eigenvalue weighted by atomic mass is 10.3. The number of alkyl halides is 3. The van der Waals surface area contributed by atoms with Crippen LogP contribution in [-0.4, -0.2) is 26.4 Å². The predicted octanol–water partition coefficient (Wildman–Crippen LogP) is 2.24. The van der Waals surface area contributed by atoms with Crippen LogP contribution in [0.4, 0.5) is 13.2 Å². The summed E-state index contributed by atoms with van der Waals surface area (Å²) >= 11 is 0.263. The number of hydrogen-bond donors (Lipinski definition) is 1. The molecule has 0 unspecified atom stereocenters. The fourth-order valence-electron chi connectivity index (χ4n) is 1.40. The number of halogens is 3. The van der Waals surface area contributed by atoms with Gasteiger partial charge < -0.3 is 0 Å². The number of sulfone groups is 1.